The van der Waals surface area contributed by atoms with Gasteiger partial charge in [-0.2, -0.15) is 0 Å². The van der Waals surface area contributed by atoms with Gasteiger partial charge in [0.25, 0.3) is 0 Å². The summed E-state index contributed by atoms with van der Waals surface area (Å²) < 4.78 is 2.39. The highest BCUT2D eigenvalue weighted by atomic mass is 15.0. The standard InChI is InChI=1S/C62H55N3/c1-61(2,3)48-36-51(40-18-10-7-11-19-40)59(63)53(38-48)46-24-16-22-42(32-46)44-28-30-57-55(34-44)56-35-45(29-31-58(56)65(57)50-26-14-9-15-27-50)43-23-17-25-47(33-43)54-39-49(62(4,5)6)37-52(60(54)64)41-20-12-8-13-21-41/h7-39H,63-64H2,1-6H3. The Morgan fingerprint density at radius 2 is 0.631 bits per heavy atom. The number of benzene rings is 9. The lowest BCUT2D eigenvalue weighted by atomic mass is 9.82. The van der Waals surface area contributed by atoms with Crippen LogP contribution in [-0.4, -0.2) is 4.57 Å². The van der Waals surface area contributed by atoms with Gasteiger partial charge >= 0.3 is 0 Å². The van der Waals surface area contributed by atoms with Crippen molar-refractivity contribution in [2.45, 2.75) is 52.4 Å². The lowest BCUT2D eigenvalue weighted by Crippen LogP contribution is -2.12. The number of fused-ring (bicyclic) bond motifs is 3. The van der Waals surface area contributed by atoms with Crippen molar-refractivity contribution >= 4 is 33.2 Å². The van der Waals surface area contributed by atoms with E-state index in [1.54, 1.807) is 0 Å². The minimum atomic E-state index is -0.0572. The van der Waals surface area contributed by atoms with E-state index in [9.17, 15) is 0 Å². The van der Waals surface area contributed by atoms with E-state index in [4.69, 9.17) is 11.5 Å². The molecule has 65 heavy (non-hydrogen) atoms. The molecule has 318 valence electrons. The van der Waals surface area contributed by atoms with Gasteiger partial charge in [-0.15, -0.1) is 0 Å². The first-order valence-electron chi connectivity index (χ1n) is 22.7. The molecule has 0 aliphatic heterocycles. The maximum Gasteiger partial charge on any atom is 0.0541 e. The fourth-order valence-corrected chi connectivity index (χ4v) is 9.33. The van der Waals surface area contributed by atoms with Gasteiger partial charge in [0, 0.05) is 50.1 Å². The zero-order valence-electron chi connectivity index (χ0n) is 38.2. The highest BCUT2D eigenvalue weighted by Gasteiger charge is 2.22. The van der Waals surface area contributed by atoms with Gasteiger partial charge in [0.15, 0.2) is 0 Å². The first kappa shape index (κ1) is 41.4. The van der Waals surface area contributed by atoms with Gasteiger partial charge in [-0.05, 0) is 139 Å². The van der Waals surface area contributed by atoms with Crippen LogP contribution in [0.25, 0.3) is 94.3 Å². The first-order chi connectivity index (χ1) is 31.3. The third-order valence-corrected chi connectivity index (χ3v) is 13.1. The van der Waals surface area contributed by atoms with Crippen LogP contribution in [0.5, 0.6) is 0 Å². The molecule has 0 fully saturated rings. The molecule has 0 unspecified atom stereocenters. The Morgan fingerprint density at radius 3 is 1.02 bits per heavy atom. The Morgan fingerprint density at radius 1 is 0.308 bits per heavy atom. The largest absolute Gasteiger partial charge is 0.398 e. The first-order valence-corrected chi connectivity index (χ1v) is 22.7. The fourth-order valence-electron chi connectivity index (χ4n) is 9.33. The molecule has 9 aromatic carbocycles. The van der Waals surface area contributed by atoms with Gasteiger partial charge in [0.2, 0.25) is 0 Å². The number of nitrogens with two attached hydrogens (primary N) is 2. The van der Waals surface area contributed by atoms with Crippen LogP contribution in [0.3, 0.4) is 0 Å². The molecular weight excluding hydrogens is 787 g/mol. The van der Waals surface area contributed by atoms with Gasteiger partial charge in [-0.25, -0.2) is 0 Å². The number of para-hydroxylation sites is 1. The van der Waals surface area contributed by atoms with Crippen molar-refractivity contribution in [3.05, 3.63) is 211 Å². The molecule has 1 aromatic heterocycles. The van der Waals surface area contributed by atoms with Crippen molar-refractivity contribution in [3.63, 3.8) is 0 Å². The van der Waals surface area contributed by atoms with Crippen LogP contribution < -0.4 is 11.5 Å². The van der Waals surface area contributed by atoms with Crippen LogP contribution in [0.4, 0.5) is 11.4 Å². The summed E-state index contributed by atoms with van der Waals surface area (Å²) in [5, 5.41) is 2.39. The number of rotatable bonds is 7. The lowest BCUT2D eigenvalue weighted by Gasteiger charge is -2.23. The van der Waals surface area contributed by atoms with Crippen molar-refractivity contribution < 1.29 is 0 Å². The van der Waals surface area contributed by atoms with Gasteiger partial charge in [0.05, 0.1) is 11.0 Å². The van der Waals surface area contributed by atoms with E-state index in [0.29, 0.717) is 0 Å². The highest BCUT2D eigenvalue weighted by molar-refractivity contribution is 6.12. The average Bonchev–Trinajstić information content (AvgIpc) is 3.65. The molecule has 10 rings (SSSR count). The van der Waals surface area contributed by atoms with Gasteiger partial charge in [-0.3, -0.25) is 0 Å². The van der Waals surface area contributed by atoms with Crippen LogP contribution in [-0.2, 0) is 10.8 Å². The molecule has 0 atom stereocenters. The molecule has 0 aliphatic carbocycles. The van der Waals surface area contributed by atoms with E-state index in [-0.39, 0.29) is 10.8 Å². The van der Waals surface area contributed by atoms with Gasteiger partial charge in [-0.1, -0.05) is 169 Å². The number of hydrogen-bond acceptors (Lipinski definition) is 2. The molecule has 3 heteroatoms. The lowest BCUT2D eigenvalue weighted by molar-refractivity contribution is 0.590. The van der Waals surface area contributed by atoms with Crippen LogP contribution >= 0.6 is 0 Å². The summed E-state index contributed by atoms with van der Waals surface area (Å²) in [5.74, 6) is 0. The Bertz CT molecular complexity index is 3170. The summed E-state index contributed by atoms with van der Waals surface area (Å²) in [6.07, 6.45) is 0. The van der Waals surface area contributed by atoms with Crippen LogP contribution in [0.15, 0.2) is 200 Å². The van der Waals surface area contributed by atoms with E-state index < -0.39 is 0 Å². The third-order valence-electron chi connectivity index (χ3n) is 13.1. The molecule has 0 spiro atoms. The van der Waals surface area contributed by atoms with E-state index in [2.05, 4.69) is 246 Å². The molecule has 0 aliphatic rings. The number of hydrogen-bond donors (Lipinski definition) is 2. The summed E-state index contributed by atoms with van der Waals surface area (Å²) in [7, 11) is 0. The number of aromatic nitrogens is 1. The van der Waals surface area contributed by atoms with E-state index in [1.165, 1.54) is 21.9 Å². The van der Waals surface area contributed by atoms with E-state index >= 15 is 0 Å². The summed E-state index contributed by atoms with van der Waals surface area (Å²) >= 11 is 0. The molecule has 0 radical (unpaired) electrons. The number of anilines is 2. The second kappa shape index (κ2) is 16.2. The Kier molecular flexibility index (Phi) is 10.3. The topological polar surface area (TPSA) is 57.0 Å². The quantitative estimate of drug-likeness (QED) is 0.157. The Hall–Kier alpha value is -7.62. The third kappa shape index (κ3) is 7.78. The molecular formula is C62H55N3. The molecule has 10 aromatic rings. The molecule has 0 bridgehead atoms. The minimum Gasteiger partial charge on any atom is -0.398 e. The smallest absolute Gasteiger partial charge is 0.0541 e. The number of nitrogens with zero attached hydrogens (tertiary/aromatic N) is 1. The second-order valence-electron chi connectivity index (χ2n) is 19.5. The Balaban J connectivity index is 1.11. The fraction of sp³-hybridized carbons (Fsp3) is 0.129. The Labute approximate surface area is 383 Å². The predicted molar refractivity (Wildman–Crippen MR) is 280 cm³/mol. The van der Waals surface area contributed by atoms with E-state index in [0.717, 1.165) is 94.9 Å². The van der Waals surface area contributed by atoms with Gasteiger partial charge in [0.1, 0.15) is 0 Å². The summed E-state index contributed by atoms with van der Waals surface area (Å²) in [4.78, 5) is 0. The van der Waals surface area contributed by atoms with E-state index in [1.807, 2.05) is 0 Å². The normalized spacial score (nSPS) is 12.0. The van der Waals surface area contributed by atoms with Crippen LogP contribution in [0, 0.1) is 0 Å². The van der Waals surface area contributed by atoms with Crippen molar-refractivity contribution in [1.82, 2.24) is 4.57 Å². The van der Waals surface area contributed by atoms with Crippen molar-refractivity contribution in [2.75, 3.05) is 11.5 Å². The molecule has 0 saturated carbocycles. The average molecular weight is 842 g/mol. The maximum atomic E-state index is 7.10. The van der Waals surface area contributed by atoms with Gasteiger partial charge < -0.3 is 16.0 Å². The SMILES string of the molecule is CC(C)(C)c1cc(-c2ccccc2)c(N)c(-c2cccc(-c3ccc4c(c3)c3cc(-c5cccc(-c6cc(C(C)(C)C)cc(-c7ccccc7)c6N)c5)ccc3n4-c3ccccc3)c2)c1. The summed E-state index contributed by atoms with van der Waals surface area (Å²) in [6.45, 7) is 13.6. The molecule has 0 amide bonds. The van der Waals surface area contributed by atoms with Crippen molar-refractivity contribution in [2.24, 2.45) is 0 Å². The zero-order chi connectivity index (χ0) is 45.0. The monoisotopic (exact) mass is 841 g/mol. The molecule has 1 heterocycles. The zero-order valence-corrected chi connectivity index (χ0v) is 38.2. The van der Waals surface area contributed by atoms with Crippen molar-refractivity contribution in [3.8, 4) is 72.4 Å². The van der Waals surface area contributed by atoms with Crippen molar-refractivity contribution in [1.29, 1.82) is 0 Å². The minimum absolute atomic E-state index is 0.0572. The van der Waals surface area contributed by atoms with Crippen LogP contribution in [0.1, 0.15) is 52.7 Å². The molecule has 3 nitrogen and oxygen atoms in total. The van der Waals surface area contributed by atoms with Crippen LogP contribution in [0.2, 0.25) is 0 Å². The maximum absolute atomic E-state index is 7.10. The summed E-state index contributed by atoms with van der Waals surface area (Å²) in [5.41, 5.74) is 34.9. The number of nitrogen functional groups attached to an aromatic ring is 2. The summed E-state index contributed by atoms with van der Waals surface area (Å²) in [6, 6.07) is 72.3. The predicted octanol–water partition coefficient (Wildman–Crippen LogP) is 16.5. The highest BCUT2D eigenvalue weighted by Crippen LogP contribution is 2.44. The molecule has 4 N–H and O–H groups in total. The second-order valence-corrected chi connectivity index (χ2v) is 19.5. The molecule has 0 saturated heterocycles.